The van der Waals surface area contributed by atoms with Gasteiger partial charge in [0.2, 0.25) is 0 Å². The summed E-state index contributed by atoms with van der Waals surface area (Å²) in [6.07, 6.45) is 4.97. The third-order valence-electron chi connectivity index (χ3n) is 2.25. The summed E-state index contributed by atoms with van der Waals surface area (Å²) in [5, 5.41) is 13.9. The van der Waals surface area contributed by atoms with Crippen molar-refractivity contribution in [2.45, 2.75) is 45.1 Å². The first kappa shape index (κ1) is 15.5. The Hall–Kier alpha value is -1.52. The fourth-order valence-corrected chi connectivity index (χ4v) is 1.36. The van der Waals surface area contributed by atoms with Gasteiger partial charge in [-0.15, -0.1) is 6.58 Å². The van der Waals surface area contributed by atoms with Crippen LogP contribution >= 0.6 is 0 Å². The molecule has 0 aromatic rings. The van der Waals surface area contributed by atoms with Crippen LogP contribution in [-0.4, -0.2) is 29.7 Å². The smallest absolute Gasteiger partial charge is 0.315 e. The average Bonchev–Trinajstić information content (AvgIpc) is 2.23. The van der Waals surface area contributed by atoms with Gasteiger partial charge in [0, 0.05) is 19.0 Å². The summed E-state index contributed by atoms with van der Waals surface area (Å²) in [4.78, 5) is 21.6. The van der Waals surface area contributed by atoms with Crippen LogP contribution in [-0.2, 0) is 4.79 Å². The van der Waals surface area contributed by atoms with Crippen LogP contribution in [0.5, 0.6) is 0 Å². The third-order valence-corrected chi connectivity index (χ3v) is 2.25. The van der Waals surface area contributed by atoms with Crippen LogP contribution in [0.15, 0.2) is 12.7 Å². The van der Waals surface area contributed by atoms with Crippen LogP contribution in [0.4, 0.5) is 4.79 Å². The van der Waals surface area contributed by atoms with Gasteiger partial charge in [-0.05, 0) is 26.2 Å². The van der Waals surface area contributed by atoms with Gasteiger partial charge in [0.05, 0.1) is 0 Å². The molecule has 3 N–H and O–H groups in total. The minimum atomic E-state index is -0.769. The number of unbranched alkanes of at least 4 members (excludes halogenated alkanes) is 2. The zero-order valence-electron chi connectivity index (χ0n) is 10.4. The Balaban J connectivity index is 3.39. The molecule has 17 heavy (non-hydrogen) atoms. The summed E-state index contributed by atoms with van der Waals surface area (Å²) in [6, 6.07) is -0.0999. The second kappa shape index (κ2) is 9.69. The largest absolute Gasteiger partial charge is 0.481 e. The molecule has 0 saturated carbocycles. The fourth-order valence-electron chi connectivity index (χ4n) is 1.36. The number of aliphatic carboxylic acids is 1. The number of carboxylic acid groups (broad SMARTS) is 1. The molecule has 0 rings (SSSR count). The maximum absolute atomic E-state index is 11.3. The zero-order valence-corrected chi connectivity index (χ0v) is 10.4. The quantitative estimate of drug-likeness (QED) is 0.427. The first-order chi connectivity index (χ1) is 8.06. The van der Waals surface area contributed by atoms with Crippen molar-refractivity contribution in [1.82, 2.24) is 10.6 Å². The van der Waals surface area contributed by atoms with Gasteiger partial charge >= 0.3 is 12.0 Å². The number of carboxylic acids is 1. The number of carbonyl (C=O) groups is 2. The Labute approximate surface area is 102 Å². The van der Waals surface area contributed by atoms with Crippen LogP contribution in [0.2, 0.25) is 0 Å². The van der Waals surface area contributed by atoms with Crippen LogP contribution in [0, 0.1) is 0 Å². The molecule has 0 aromatic carbocycles. The first-order valence-corrected chi connectivity index (χ1v) is 5.93. The molecule has 0 saturated heterocycles. The van der Waals surface area contributed by atoms with Crippen molar-refractivity contribution >= 4 is 12.0 Å². The van der Waals surface area contributed by atoms with E-state index in [2.05, 4.69) is 17.2 Å². The molecule has 1 unspecified atom stereocenters. The molecular weight excluding hydrogens is 220 g/mol. The fraction of sp³-hybridized carbons (Fsp3) is 0.667. The molecule has 1 atom stereocenters. The molecule has 0 heterocycles. The molecule has 0 bridgehead atoms. The van der Waals surface area contributed by atoms with Crippen molar-refractivity contribution in [2.75, 3.05) is 6.54 Å². The average molecular weight is 242 g/mol. The highest BCUT2D eigenvalue weighted by Gasteiger charge is 2.04. The summed E-state index contributed by atoms with van der Waals surface area (Å²) in [6.45, 7) is 6.08. The van der Waals surface area contributed by atoms with E-state index in [9.17, 15) is 9.59 Å². The van der Waals surface area contributed by atoms with Gasteiger partial charge in [0.15, 0.2) is 0 Å². The van der Waals surface area contributed by atoms with Crippen molar-refractivity contribution in [3.63, 3.8) is 0 Å². The summed E-state index contributed by atoms with van der Waals surface area (Å²) < 4.78 is 0. The molecule has 5 nitrogen and oxygen atoms in total. The predicted octanol–water partition coefficient (Wildman–Crippen LogP) is 1.90. The summed E-state index contributed by atoms with van der Waals surface area (Å²) in [5.41, 5.74) is 0. The molecule has 2 amide bonds. The molecular formula is C12H22N2O3. The SMILES string of the molecule is C=CCC(C)NC(=O)NCCCCCC(=O)O. The maximum atomic E-state index is 11.3. The van der Waals surface area contributed by atoms with Gasteiger partial charge < -0.3 is 15.7 Å². The molecule has 0 aromatic heterocycles. The highest BCUT2D eigenvalue weighted by Crippen LogP contribution is 1.98. The van der Waals surface area contributed by atoms with Crippen LogP contribution in [0.25, 0.3) is 0 Å². The van der Waals surface area contributed by atoms with Crippen LogP contribution in [0.1, 0.15) is 39.0 Å². The van der Waals surface area contributed by atoms with Crippen molar-refractivity contribution < 1.29 is 14.7 Å². The number of rotatable bonds is 9. The van der Waals surface area contributed by atoms with E-state index in [1.54, 1.807) is 6.08 Å². The van der Waals surface area contributed by atoms with E-state index in [1.165, 1.54) is 0 Å². The van der Waals surface area contributed by atoms with E-state index in [-0.39, 0.29) is 18.5 Å². The van der Waals surface area contributed by atoms with E-state index < -0.39 is 5.97 Å². The number of urea groups is 1. The lowest BCUT2D eigenvalue weighted by Crippen LogP contribution is -2.40. The van der Waals surface area contributed by atoms with Crippen LogP contribution < -0.4 is 10.6 Å². The number of amides is 2. The van der Waals surface area contributed by atoms with E-state index in [0.717, 1.165) is 19.3 Å². The second-order valence-electron chi connectivity index (χ2n) is 4.03. The molecule has 0 aliphatic rings. The molecule has 0 radical (unpaired) electrons. The third kappa shape index (κ3) is 10.8. The van der Waals surface area contributed by atoms with Gasteiger partial charge in [-0.2, -0.15) is 0 Å². The van der Waals surface area contributed by atoms with Crippen molar-refractivity contribution in [3.8, 4) is 0 Å². The van der Waals surface area contributed by atoms with Gasteiger partial charge in [0.25, 0.3) is 0 Å². The Bertz CT molecular complexity index is 254. The van der Waals surface area contributed by atoms with Gasteiger partial charge in [-0.25, -0.2) is 4.79 Å². The van der Waals surface area contributed by atoms with Gasteiger partial charge in [-0.3, -0.25) is 4.79 Å². The van der Waals surface area contributed by atoms with E-state index in [1.807, 2.05) is 6.92 Å². The Morgan fingerprint density at radius 2 is 2.06 bits per heavy atom. The summed E-state index contributed by atoms with van der Waals surface area (Å²) in [5.74, 6) is -0.769. The summed E-state index contributed by atoms with van der Waals surface area (Å²) in [7, 11) is 0. The minimum absolute atomic E-state index is 0.0829. The number of hydrogen-bond donors (Lipinski definition) is 3. The molecule has 0 fully saturated rings. The monoisotopic (exact) mass is 242 g/mol. The Morgan fingerprint density at radius 3 is 2.65 bits per heavy atom. The number of hydrogen-bond acceptors (Lipinski definition) is 2. The van der Waals surface area contributed by atoms with Gasteiger partial charge in [-0.1, -0.05) is 12.5 Å². The number of carbonyl (C=O) groups excluding carboxylic acids is 1. The lowest BCUT2D eigenvalue weighted by Gasteiger charge is -2.12. The normalized spacial score (nSPS) is 11.6. The molecule has 0 aliphatic heterocycles. The minimum Gasteiger partial charge on any atom is -0.481 e. The van der Waals surface area contributed by atoms with Crippen molar-refractivity contribution in [3.05, 3.63) is 12.7 Å². The molecule has 98 valence electrons. The van der Waals surface area contributed by atoms with E-state index in [0.29, 0.717) is 13.0 Å². The maximum Gasteiger partial charge on any atom is 0.315 e. The molecule has 5 heteroatoms. The standard InChI is InChI=1S/C12H22N2O3/c1-3-7-10(2)14-12(17)13-9-6-4-5-8-11(15)16/h3,10H,1,4-9H2,2H3,(H,15,16)(H2,13,14,17). The first-order valence-electron chi connectivity index (χ1n) is 5.93. The molecule has 0 spiro atoms. The Kier molecular flexibility index (Phi) is 8.82. The lowest BCUT2D eigenvalue weighted by molar-refractivity contribution is -0.137. The van der Waals surface area contributed by atoms with E-state index in [4.69, 9.17) is 5.11 Å². The Morgan fingerprint density at radius 1 is 1.35 bits per heavy atom. The summed E-state index contributed by atoms with van der Waals surface area (Å²) >= 11 is 0. The zero-order chi connectivity index (χ0) is 13.1. The van der Waals surface area contributed by atoms with Gasteiger partial charge in [0.1, 0.15) is 0 Å². The van der Waals surface area contributed by atoms with Crippen molar-refractivity contribution in [2.24, 2.45) is 0 Å². The van der Waals surface area contributed by atoms with E-state index >= 15 is 0 Å². The predicted molar refractivity (Wildman–Crippen MR) is 66.9 cm³/mol. The number of nitrogens with one attached hydrogen (secondary N) is 2. The second-order valence-corrected chi connectivity index (χ2v) is 4.03. The highest BCUT2D eigenvalue weighted by molar-refractivity contribution is 5.74. The lowest BCUT2D eigenvalue weighted by atomic mass is 10.2. The van der Waals surface area contributed by atoms with Crippen LogP contribution in [0.3, 0.4) is 0 Å². The van der Waals surface area contributed by atoms with Crippen molar-refractivity contribution in [1.29, 1.82) is 0 Å². The molecule has 0 aliphatic carbocycles. The topological polar surface area (TPSA) is 78.4 Å². The highest BCUT2D eigenvalue weighted by atomic mass is 16.4.